The van der Waals surface area contributed by atoms with Gasteiger partial charge in [-0.15, -0.1) is 53.8 Å². The predicted octanol–water partition coefficient (Wildman–Crippen LogP) is 17.6. The van der Waals surface area contributed by atoms with Crippen LogP contribution in [0.1, 0.15) is 144 Å². The molecule has 376 valence electrons. The number of anilines is 2. The molecule has 0 N–H and O–H groups in total. The molecular weight excluding hydrogens is 1060 g/mol. The number of benzene rings is 6. The minimum absolute atomic E-state index is 0. The Morgan fingerprint density at radius 2 is 1.03 bits per heavy atom. The van der Waals surface area contributed by atoms with Gasteiger partial charge in [-0.05, 0) is 74.2 Å². The molecule has 0 radical (unpaired) electrons. The third-order valence-corrected chi connectivity index (χ3v) is 14.5. The van der Waals surface area contributed by atoms with Crippen LogP contribution in [0.3, 0.4) is 0 Å². The molecular formula is C66H73N4OPt-3. The standard InChI is InChI=1S/C66H73N4O.Pt/c1-61(2,3)46-34-35-67-57(39-46)70-55-33-24-23-32-53(55)58-54(66(15,16)45-28-21-18-22-29-45)41-52(42-56(58)70)71-51-38-48(62(4,5)6)37-50(40-51)69-43-68(59(63(7,8)9)60(69)64(10,11)12)49-31-25-30-47(36-49)65(13,14)44-26-19-17-20-27-44;/h17-39,41,43H,1-16H3;/q-3;. The van der Waals surface area contributed by atoms with Gasteiger partial charge in [-0.3, -0.25) is 0 Å². The smallest absolute Gasteiger partial charge is 0.135 e. The van der Waals surface area contributed by atoms with E-state index >= 15 is 0 Å². The van der Waals surface area contributed by atoms with E-state index in [4.69, 9.17) is 9.72 Å². The van der Waals surface area contributed by atoms with Gasteiger partial charge in [-0.1, -0.05) is 213 Å². The molecule has 2 aromatic heterocycles. The van der Waals surface area contributed by atoms with E-state index in [0.29, 0.717) is 11.5 Å². The largest absolute Gasteiger partial charge is 0.509 e. The second-order valence-electron chi connectivity index (χ2n) is 24.8. The van der Waals surface area contributed by atoms with Crippen LogP contribution >= 0.6 is 0 Å². The van der Waals surface area contributed by atoms with Gasteiger partial charge in [0.1, 0.15) is 5.82 Å². The van der Waals surface area contributed by atoms with Crippen LogP contribution in [0.4, 0.5) is 11.4 Å². The zero-order valence-corrected chi connectivity index (χ0v) is 47.7. The van der Waals surface area contributed by atoms with Crippen LogP contribution in [0.25, 0.3) is 27.6 Å². The number of hydrogen-bond donors (Lipinski definition) is 0. The average Bonchev–Trinajstić information content (AvgIpc) is 3.90. The number of pyridine rings is 1. The van der Waals surface area contributed by atoms with Crippen LogP contribution in [-0.4, -0.2) is 9.55 Å². The molecule has 0 saturated heterocycles. The topological polar surface area (TPSA) is 33.5 Å². The van der Waals surface area contributed by atoms with E-state index in [1.807, 2.05) is 6.20 Å². The number of aromatic nitrogens is 2. The second-order valence-corrected chi connectivity index (χ2v) is 24.8. The summed E-state index contributed by atoms with van der Waals surface area (Å²) in [5, 5.41) is 2.28. The summed E-state index contributed by atoms with van der Waals surface area (Å²) in [4.78, 5) is 9.84. The van der Waals surface area contributed by atoms with Crippen LogP contribution in [0.5, 0.6) is 11.5 Å². The van der Waals surface area contributed by atoms with Crippen molar-refractivity contribution in [2.45, 2.75) is 132 Å². The van der Waals surface area contributed by atoms with Crippen LogP contribution in [0, 0.1) is 29.6 Å². The number of hydrogen-bond acceptors (Lipinski definition) is 4. The van der Waals surface area contributed by atoms with Gasteiger partial charge in [0.2, 0.25) is 0 Å². The van der Waals surface area contributed by atoms with Gasteiger partial charge in [0.25, 0.3) is 0 Å². The number of ether oxygens (including phenoxy) is 1. The van der Waals surface area contributed by atoms with E-state index < -0.39 is 5.41 Å². The van der Waals surface area contributed by atoms with Crippen molar-refractivity contribution >= 4 is 33.2 Å². The number of para-hydroxylation sites is 1. The minimum Gasteiger partial charge on any atom is -0.509 e. The molecule has 0 unspecified atom stereocenters. The maximum Gasteiger partial charge on any atom is 0.135 e. The summed E-state index contributed by atoms with van der Waals surface area (Å²) in [6, 6.07) is 58.1. The molecule has 3 heterocycles. The summed E-state index contributed by atoms with van der Waals surface area (Å²) in [7, 11) is 0. The molecule has 0 spiro atoms. The second kappa shape index (κ2) is 18.9. The maximum absolute atomic E-state index is 7.27. The molecule has 0 atom stereocenters. The van der Waals surface area contributed by atoms with Gasteiger partial charge >= 0.3 is 0 Å². The molecule has 1 aliphatic rings. The Morgan fingerprint density at radius 1 is 0.472 bits per heavy atom. The first-order chi connectivity index (χ1) is 33.2. The molecule has 6 aromatic carbocycles. The maximum atomic E-state index is 7.27. The SMILES string of the molecule is CC(C)(C)C1=C(C(C)(C)C)N(c2cccc(C(C)(C)c3ccccc3)c2)[CH-]N1c1[c-]c(Oc2[c-]c3c(c(C(C)(C)c4ccccc4)c2)c2ccccc2n3-c2cc(C(C)(C)C)ccn2)cc(C(C)(C)C)c1.[Pt]. The summed E-state index contributed by atoms with van der Waals surface area (Å²) in [6.07, 6.45) is 1.93. The summed E-state index contributed by atoms with van der Waals surface area (Å²) in [5.74, 6) is 2.10. The van der Waals surface area contributed by atoms with Gasteiger partial charge < -0.3 is 19.1 Å². The molecule has 0 amide bonds. The normalized spacial score (nSPS) is 14.1. The third kappa shape index (κ3) is 9.83. The Labute approximate surface area is 445 Å². The average molecular weight is 1130 g/mol. The fourth-order valence-corrected chi connectivity index (χ4v) is 10.4. The molecule has 0 aliphatic carbocycles. The number of rotatable bonds is 9. The Kier molecular flexibility index (Phi) is 13.7. The Morgan fingerprint density at radius 3 is 1.64 bits per heavy atom. The molecule has 0 saturated carbocycles. The van der Waals surface area contributed by atoms with Crippen LogP contribution in [0.15, 0.2) is 157 Å². The Bertz CT molecular complexity index is 3300. The quantitative estimate of drug-likeness (QED) is 0.135. The van der Waals surface area contributed by atoms with Gasteiger partial charge in [-0.25, -0.2) is 4.98 Å². The number of allylic oxidation sites excluding steroid dienone is 2. The molecule has 0 bridgehead atoms. The van der Waals surface area contributed by atoms with E-state index in [1.165, 1.54) is 33.6 Å². The zero-order chi connectivity index (χ0) is 51.1. The van der Waals surface area contributed by atoms with Gasteiger partial charge in [0.05, 0.1) is 0 Å². The van der Waals surface area contributed by atoms with E-state index in [1.54, 1.807) is 0 Å². The third-order valence-electron chi connectivity index (χ3n) is 14.5. The molecule has 1 aliphatic heterocycles. The van der Waals surface area contributed by atoms with Crippen molar-refractivity contribution in [3.63, 3.8) is 0 Å². The van der Waals surface area contributed by atoms with Gasteiger partial charge in [-0.2, -0.15) is 0 Å². The number of fused-ring (bicyclic) bond motifs is 3. The fourth-order valence-electron chi connectivity index (χ4n) is 10.4. The summed E-state index contributed by atoms with van der Waals surface area (Å²) < 4.78 is 9.54. The van der Waals surface area contributed by atoms with E-state index in [2.05, 4.69) is 283 Å². The first kappa shape index (κ1) is 52.4. The van der Waals surface area contributed by atoms with Crippen molar-refractivity contribution in [2.24, 2.45) is 10.8 Å². The van der Waals surface area contributed by atoms with Gasteiger partial charge in [0, 0.05) is 77.6 Å². The first-order valence-corrected chi connectivity index (χ1v) is 25.4. The zero-order valence-electron chi connectivity index (χ0n) is 45.4. The van der Waals surface area contributed by atoms with Crippen LogP contribution in [-0.2, 0) is 42.7 Å². The van der Waals surface area contributed by atoms with E-state index in [0.717, 1.165) is 50.1 Å². The molecule has 6 heteroatoms. The van der Waals surface area contributed by atoms with Crippen molar-refractivity contribution in [3.8, 4) is 17.3 Å². The van der Waals surface area contributed by atoms with E-state index in [-0.39, 0.29) is 48.1 Å². The van der Waals surface area contributed by atoms with Gasteiger partial charge in [0.15, 0.2) is 0 Å². The molecule has 8 aromatic rings. The minimum atomic E-state index is -0.415. The van der Waals surface area contributed by atoms with Crippen LogP contribution < -0.4 is 14.5 Å². The summed E-state index contributed by atoms with van der Waals surface area (Å²) in [5.41, 5.74) is 12.4. The van der Waals surface area contributed by atoms with Crippen LogP contribution in [0.2, 0.25) is 0 Å². The Hall–Kier alpha value is -5.90. The van der Waals surface area contributed by atoms with Crippen molar-refractivity contribution in [2.75, 3.05) is 9.80 Å². The predicted molar refractivity (Wildman–Crippen MR) is 299 cm³/mol. The monoisotopic (exact) mass is 1130 g/mol. The summed E-state index contributed by atoms with van der Waals surface area (Å²) >= 11 is 0. The Balaban J connectivity index is 0.00000693. The van der Waals surface area contributed by atoms with E-state index in [9.17, 15) is 0 Å². The molecule has 9 rings (SSSR count). The molecule has 72 heavy (non-hydrogen) atoms. The fraction of sp³-hybridized carbons (Fsp3) is 0.333. The van der Waals surface area contributed by atoms with Crippen molar-refractivity contribution < 1.29 is 25.8 Å². The molecule has 5 nitrogen and oxygen atoms in total. The number of nitrogens with zero attached hydrogens (tertiary/aromatic N) is 4. The van der Waals surface area contributed by atoms with Crippen molar-refractivity contribution in [1.29, 1.82) is 0 Å². The first-order valence-electron chi connectivity index (χ1n) is 25.4. The van der Waals surface area contributed by atoms with Crippen molar-refractivity contribution in [3.05, 3.63) is 209 Å². The van der Waals surface area contributed by atoms with Crippen molar-refractivity contribution in [1.82, 2.24) is 9.55 Å². The summed E-state index contributed by atoms with van der Waals surface area (Å²) in [6.45, 7) is 39.1. The molecule has 0 fully saturated rings.